The molecule has 14 atom stereocenters. The SMILES string of the molecule is CC[C@]1(O)C[C@H]2CN(CCc3c([nH]c4ccccc34)[C@@](C(=O)OC)(c3cc4c(cc3OC)N(C)[C@@H]3[C@]45CCN4CC=C[C@@](CC)(C(O)[C@]3(O)C(=O)NNC(=O)OCCSSC[C@H](NC(=O)[C@H](CC(=O)O)NC(=O)[C@H](CC(=O)O)NC(=O)[C@@H](C)CCCNC(=N)N)C(=O)O)[C@H]45)C2)C1. The van der Waals surface area contributed by atoms with Gasteiger partial charge in [-0.25, -0.2) is 15.0 Å². The number of nitrogens with zero attached hydrogens (tertiary/aromatic N) is 3. The van der Waals surface area contributed by atoms with E-state index in [1.807, 2.05) is 62.4 Å². The number of methoxy groups -OCH3 is 2. The molecule has 1 saturated carbocycles. The molecule has 2 saturated heterocycles. The van der Waals surface area contributed by atoms with E-state index in [9.17, 15) is 64.2 Å². The van der Waals surface area contributed by atoms with Crippen LogP contribution in [0.1, 0.15) is 101 Å². The van der Waals surface area contributed by atoms with Gasteiger partial charge in [0.1, 0.15) is 42.0 Å². The number of aliphatic hydroxyl groups is 3. The van der Waals surface area contributed by atoms with Crippen LogP contribution in [-0.2, 0) is 65.1 Å². The molecule has 1 aliphatic carbocycles. The molecule has 1 aromatic heterocycles. The van der Waals surface area contributed by atoms with Crippen LogP contribution in [0.25, 0.3) is 10.9 Å². The second-order valence-corrected chi connectivity index (χ2v) is 28.7. The Morgan fingerprint density at radius 2 is 1.55 bits per heavy atom. The summed E-state index contributed by atoms with van der Waals surface area (Å²) < 4.78 is 17.7. The molecule has 0 radical (unpaired) electrons. The molecule has 2 unspecified atom stereocenters. The Morgan fingerprint density at radius 1 is 0.865 bits per heavy atom. The Kier molecular flexibility index (Phi) is 22.2. The molecule has 524 valence electrons. The Bertz CT molecular complexity index is 3540. The highest BCUT2D eigenvalue weighted by atomic mass is 33.1. The number of hydrogen-bond acceptors (Lipinski definition) is 21. The Balaban J connectivity index is 0.901. The number of H-pyrrole nitrogens is 1. The lowest BCUT2D eigenvalue weighted by Crippen LogP contribution is -2.82. The number of fused-ring (bicyclic) bond motifs is 6. The maximum absolute atomic E-state index is 15.6. The maximum atomic E-state index is 15.6. The Morgan fingerprint density at radius 3 is 2.20 bits per heavy atom. The fourth-order valence-corrected chi connectivity index (χ4v) is 18.2. The Hall–Kier alpha value is -7.88. The molecule has 2 aromatic carbocycles. The first-order valence-electron chi connectivity index (χ1n) is 32.1. The predicted octanol–water partition coefficient (Wildman–Crippen LogP) is 0.774. The summed E-state index contributed by atoms with van der Waals surface area (Å²) in [7, 11) is 6.53. The van der Waals surface area contributed by atoms with Gasteiger partial charge in [0.05, 0.1) is 38.7 Å². The number of piperidine rings is 1. The monoisotopic (exact) mass is 1380 g/mol. The fraction of sp³-hybridized carbons (Fsp3) is 0.594. The fourth-order valence-electron chi connectivity index (χ4n) is 16.2. The number of esters is 1. The molecule has 3 aromatic rings. The molecule has 3 fully saturated rings. The lowest BCUT2D eigenvalue weighted by molar-refractivity contribution is -0.204. The van der Waals surface area contributed by atoms with Crippen molar-refractivity contribution in [3.05, 3.63) is 70.9 Å². The second-order valence-electron chi connectivity index (χ2n) is 26.0. The molecule has 16 N–H and O–H groups in total. The van der Waals surface area contributed by atoms with E-state index in [-0.39, 0.29) is 55.8 Å². The van der Waals surface area contributed by atoms with Crippen LogP contribution in [-0.4, -0.2) is 231 Å². The van der Waals surface area contributed by atoms with Gasteiger partial charge >= 0.3 is 30.0 Å². The van der Waals surface area contributed by atoms with Gasteiger partial charge in [-0.1, -0.05) is 72.7 Å². The van der Waals surface area contributed by atoms with Crippen molar-refractivity contribution < 1.29 is 88.0 Å². The van der Waals surface area contributed by atoms with Gasteiger partial charge in [-0.3, -0.25) is 54.2 Å². The minimum atomic E-state index is -2.68. The smallest absolute Gasteiger partial charge is 0.426 e. The van der Waals surface area contributed by atoms with Gasteiger partial charge in [0.25, 0.3) is 5.91 Å². The number of nitrogens with two attached hydrogens (primary N) is 1. The van der Waals surface area contributed by atoms with Crippen molar-refractivity contribution in [3.8, 4) is 5.75 Å². The number of aromatic amines is 1. The summed E-state index contributed by atoms with van der Waals surface area (Å²) in [4.78, 5) is 130. The number of aliphatic hydroxyl groups excluding tert-OH is 1. The number of carboxylic acid groups (broad SMARTS) is 3. The van der Waals surface area contributed by atoms with E-state index in [1.54, 1.807) is 11.9 Å². The number of aliphatic carboxylic acids is 3. The van der Waals surface area contributed by atoms with Crippen LogP contribution in [0.15, 0.2) is 48.6 Å². The summed E-state index contributed by atoms with van der Waals surface area (Å²) in [5, 5.41) is 85.2. The number of nitrogens with one attached hydrogen (secondary N) is 8. The summed E-state index contributed by atoms with van der Waals surface area (Å²) in [5.41, 5.74) is 6.29. The number of carboxylic acids is 3. The van der Waals surface area contributed by atoms with Crippen LogP contribution >= 0.6 is 21.6 Å². The number of hydrogen-bond donors (Lipinski definition) is 15. The first-order valence-corrected chi connectivity index (χ1v) is 34.6. The molecule has 6 aliphatic rings. The normalized spacial score (nSPS) is 28.2. The molecular formula is C64H88N12O18S2. The van der Waals surface area contributed by atoms with E-state index in [0.29, 0.717) is 93.1 Å². The highest BCUT2D eigenvalue weighted by Crippen LogP contribution is 2.68. The summed E-state index contributed by atoms with van der Waals surface area (Å²) >= 11 is 0. The average Bonchev–Trinajstić information content (AvgIpc) is 1.45. The molecule has 9 rings (SSSR count). The van der Waals surface area contributed by atoms with E-state index in [0.717, 1.165) is 38.1 Å². The zero-order valence-electron chi connectivity index (χ0n) is 54.5. The zero-order valence-corrected chi connectivity index (χ0v) is 56.1. The number of rotatable bonds is 27. The largest absolute Gasteiger partial charge is 0.496 e. The topological polar surface area (TPSA) is 450 Å². The standard InChI is InChI=1S/C64H88N12O18S2/c1-7-60(90)29-35-30-63(57(88)93-6,48-37(16-21-75(31-35)33-60)36-14-9-10-15-40(36)68-48)39-25-38-44(28-45(39)92-5)74(4)54-62(38)18-22-76-20-12-17-61(8-2,53(62)76)55(86)64(54,91)56(87)72-73-59(89)94-23-24-95-96-32-43(52(84)85)71-51(83)42(27-47(79)80)70-50(82)41(26-46(77)78)69-49(81)34(3)13-11-19-67-58(65)66/h9-10,12,14-15,17,25,28,34-35,41-43,53-55,68,86,90-91H,7-8,11,13,16,18-24,26-27,29-33H2,1-6H3,(H,69,81)(H,70,82)(H,71,83)(H,72,87)(H,73,89)(H,77,78)(H,79,80)(H,84,85)(H4,65,66,67)/t34-,35+,41-,42-,43-,53-,54+,55?,60-,61+,62+,63-,64-/m0/s1. The number of ether oxygens (including phenoxy) is 3. The van der Waals surface area contributed by atoms with Crippen molar-refractivity contribution in [1.29, 1.82) is 5.41 Å². The first-order chi connectivity index (χ1) is 45.6. The molecule has 30 nitrogen and oxygen atoms in total. The minimum absolute atomic E-state index is 0.0124. The van der Waals surface area contributed by atoms with Crippen LogP contribution in [0.4, 0.5) is 10.5 Å². The number of likely N-dealkylation sites (N-methyl/N-ethyl adjacent to an activating group) is 1. The van der Waals surface area contributed by atoms with Crippen molar-refractivity contribution in [1.82, 2.24) is 46.9 Å². The molecule has 6 heterocycles. The number of aromatic nitrogens is 1. The van der Waals surface area contributed by atoms with E-state index in [2.05, 4.69) is 46.9 Å². The molecule has 96 heavy (non-hydrogen) atoms. The third-order valence-electron chi connectivity index (χ3n) is 20.4. The van der Waals surface area contributed by atoms with Gasteiger partial charge in [0, 0.05) is 108 Å². The molecule has 5 amide bonds. The predicted molar refractivity (Wildman–Crippen MR) is 353 cm³/mol. The van der Waals surface area contributed by atoms with Crippen LogP contribution in [0.3, 0.4) is 0 Å². The van der Waals surface area contributed by atoms with Gasteiger partial charge in [-0.05, 0) is 87.1 Å². The molecule has 1 spiro atoms. The number of carbonyl (C=O) groups excluding carboxylic acids is 6. The van der Waals surface area contributed by atoms with E-state index < -0.39 is 136 Å². The van der Waals surface area contributed by atoms with E-state index in [4.69, 9.17) is 25.4 Å². The van der Waals surface area contributed by atoms with Crippen molar-refractivity contribution in [3.63, 3.8) is 0 Å². The minimum Gasteiger partial charge on any atom is -0.496 e. The molecule has 32 heteroatoms. The summed E-state index contributed by atoms with van der Waals surface area (Å²) in [6, 6.07) is 4.63. The number of para-hydroxylation sites is 1. The highest BCUT2D eigenvalue weighted by Gasteiger charge is 2.79. The van der Waals surface area contributed by atoms with Crippen molar-refractivity contribution in [2.45, 2.75) is 143 Å². The van der Waals surface area contributed by atoms with E-state index in [1.165, 1.54) is 21.1 Å². The molecular weight excluding hydrogens is 1290 g/mol. The average molecular weight is 1380 g/mol. The van der Waals surface area contributed by atoms with E-state index >= 15 is 9.59 Å². The van der Waals surface area contributed by atoms with Crippen molar-refractivity contribution >= 4 is 97.7 Å². The number of benzene rings is 2. The third-order valence-corrected chi connectivity index (χ3v) is 22.8. The summed E-state index contributed by atoms with van der Waals surface area (Å²) in [6.07, 6.45) is 1.80. The maximum Gasteiger partial charge on any atom is 0.426 e. The quantitative estimate of drug-likeness (QED) is 0.00953. The van der Waals surface area contributed by atoms with Gasteiger partial charge in [-0.15, -0.1) is 0 Å². The molecule has 2 bridgehead atoms. The van der Waals surface area contributed by atoms with Crippen molar-refractivity contribution in [2.24, 2.45) is 23.0 Å². The Labute approximate surface area is 562 Å². The number of guanidine groups is 1. The number of hydrazine groups is 1. The third kappa shape index (κ3) is 13.7. The number of carbonyl (C=O) groups is 9. The van der Waals surface area contributed by atoms with Crippen LogP contribution in [0.5, 0.6) is 5.75 Å². The lowest BCUT2D eigenvalue weighted by atomic mass is 9.47. The van der Waals surface area contributed by atoms with Gasteiger partial charge < -0.3 is 81.7 Å². The van der Waals surface area contributed by atoms with Crippen molar-refractivity contribution in [2.75, 3.05) is 83.5 Å². The van der Waals surface area contributed by atoms with Crippen LogP contribution < -0.4 is 47.5 Å². The number of amides is 5. The van der Waals surface area contributed by atoms with Crippen LogP contribution in [0, 0.1) is 22.7 Å². The van der Waals surface area contributed by atoms with Gasteiger partial charge in [0.15, 0.2) is 11.6 Å². The first kappa shape index (κ1) is 72.4. The zero-order chi connectivity index (χ0) is 69.8. The number of anilines is 1. The summed E-state index contributed by atoms with van der Waals surface area (Å²) in [5.74, 6) is -10.8. The lowest BCUT2D eigenvalue weighted by Gasteiger charge is -2.63. The van der Waals surface area contributed by atoms with Crippen LogP contribution in [0.2, 0.25) is 0 Å². The second kappa shape index (κ2) is 29.5. The highest BCUT2D eigenvalue weighted by molar-refractivity contribution is 8.76. The van der Waals surface area contributed by atoms with Gasteiger partial charge in [-0.2, -0.15) is 0 Å². The van der Waals surface area contributed by atoms with Gasteiger partial charge in [0.2, 0.25) is 17.7 Å². The molecule has 5 aliphatic heterocycles. The summed E-state index contributed by atoms with van der Waals surface area (Å²) in [6.45, 7) is 8.01.